The Morgan fingerprint density at radius 3 is 2.51 bits per heavy atom. The Labute approximate surface area is 281 Å². The molecule has 2 heterocycles. The summed E-state index contributed by atoms with van der Waals surface area (Å²) < 4.78 is 11.8. The van der Waals surface area contributed by atoms with E-state index in [1.54, 1.807) is 38.3 Å². The largest absolute Gasteiger partial charge is 0.497 e. The van der Waals surface area contributed by atoms with E-state index in [0.717, 1.165) is 37.7 Å². The monoisotopic (exact) mass is 673 g/mol. The van der Waals surface area contributed by atoms with Crippen molar-refractivity contribution in [3.05, 3.63) is 81.5 Å². The van der Waals surface area contributed by atoms with Crippen LogP contribution in [0.25, 0.3) is 11.0 Å². The van der Waals surface area contributed by atoms with Crippen molar-refractivity contribution in [3.8, 4) is 5.75 Å². The summed E-state index contributed by atoms with van der Waals surface area (Å²) in [7, 11) is 1.56. The highest BCUT2D eigenvalue weighted by atomic mass is 16.5. The maximum atomic E-state index is 13.6. The zero-order chi connectivity index (χ0) is 35.3. The molecular formula is C35H39N5O9. The number of anilines is 1. The number of methoxy groups -OCH3 is 1. The molecule has 0 saturated heterocycles. The second kappa shape index (κ2) is 14.7. The molecule has 2 unspecified atom stereocenters. The average molecular weight is 674 g/mol. The molecule has 1 aliphatic carbocycles. The Hall–Kier alpha value is -5.53. The molecule has 2 atom stereocenters. The fourth-order valence-electron chi connectivity index (χ4n) is 6.55. The zero-order valence-electron chi connectivity index (χ0n) is 27.5. The lowest BCUT2D eigenvalue weighted by atomic mass is 9.74. The number of carbonyl (C=O) groups excluding carboxylic acids is 2. The Bertz CT molecular complexity index is 1950. The van der Waals surface area contributed by atoms with Crippen molar-refractivity contribution in [3.63, 3.8) is 0 Å². The van der Waals surface area contributed by atoms with Crippen LogP contribution in [0.1, 0.15) is 73.9 Å². The Morgan fingerprint density at radius 2 is 1.82 bits per heavy atom. The standard InChI is InChI=1S/C35H39N5O9/c1-20-25-13-12-23(16-28(25)49-34(47)26(20)17-31(42)43)36-33(46)27(18-32(44)45)40-19-29(38-39-40)35(2,22-9-5-4-6-10-22)37-30(41)15-21-8-7-11-24(14-21)48-3/h7-8,11-14,16,19,22,27H,4-6,9-10,15,17-18H2,1-3H3,(H,36,46)(H,37,41)(H,42,43)(H,44,45). The van der Waals surface area contributed by atoms with Crippen LogP contribution in [-0.2, 0) is 37.6 Å². The van der Waals surface area contributed by atoms with Crippen molar-refractivity contribution in [2.75, 3.05) is 12.4 Å². The molecule has 0 radical (unpaired) electrons. The highest BCUT2D eigenvalue weighted by molar-refractivity contribution is 5.97. The number of aliphatic carboxylic acids is 2. The molecule has 0 bridgehead atoms. The van der Waals surface area contributed by atoms with Crippen LogP contribution in [0.4, 0.5) is 5.69 Å². The number of hydrogen-bond acceptors (Lipinski definition) is 9. The van der Waals surface area contributed by atoms with Crippen molar-refractivity contribution in [1.29, 1.82) is 0 Å². The van der Waals surface area contributed by atoms with Gasteiger partial charge in [-0.1, -0.05) is 36.6 Å². The average Bonchev–Trinajstić information content (AvgIpc) is 3.56. The van der Waals surface area contributed by atoms with Gasteiger partial charge in [0.15, 0.2) is 0 Å². The molecule has 1 aliphatic rings. The molecule has 0 spiro atoms. The number of aryl methyl sites for hydroxylation is 1. The Balaban J connectivity index is 1.41. The van der Waals surface area contributed by atoms with Gasteiger partial charge >= 0.3 is 17.6 Å². The number of carboxylic acids is 2. The third kappa shape index (κ3) is 7.96. The minimum atomic E-state index is -1.32. The van der Waals surface area contributed by atoms with Gasteiger partial charge in [-0.25, -0.2) is 9.48 Å². The number of aromatic nitrogens is 3. The van der Waals surface area contributed by atoms with Crippen LogP contribution in [0.2, 0.25) is 0 Å². The third-order valence-electron chi connectivity index (χ3n) is 9.23. The molecule has 2 aromatic carbocycles. The van der Waals surface area contributed by atoms with E-state index in [9.17, 15) is 29.1 Å². The SMILES string of the molecule is COc1cccc(CC(=O)NC(C)(c2cn(C(CC(=O)O)C(=O)Nc3ccc4c(C)c(CC(=O)O)c(=O)oc4c3)nn2)C2CCCCC2)c1. The predicted molar refractivity (Wildman–Crippen MR) is 177 cm³/mol. The number of nitrogens with zero attached hydrogens (tertiary/aromatic N) is 3. The van der Waals surface area contributed by atoms with Gasteiger partial charge in [0.2, 0.25) is 11.8 Å². The topological polar surface area (TPSA) is 203 Å². The number of rotatable bonds is 13. The number of carboxylic acid groups (broad SMARTS) is 2. The fourth-order valence-corrected chi connectivity index (χ4v) is 6.55. The molecule has 49 heavy (non-hydrogen) atoms. The van der Waals surface area contributed by atoms with Crippen LogP contribution in [-0.4, -0.2) is 56.1 Å². The molecule has 4 N–H and O–H groups in total. The van der Waals surface area contributed by atoms with Gasteiger partial charge in [-0.3, -0.25) is 19.2 Å². The molecule has 5 rings (SSSR count). The van der Waals surface area contributed by atoms with Gasteiger partial charge in [-0.05, 0) is 68.0 Å². The molecule has 2 amide bonds. The number of benzene rings is 2. The molecule has 1 saturated carbocycles. The number of hydrogen-bond donors (Lipinski definition) is 4. The first-order chi connectivity index (χ1) is 23.4. The lowest BCUT2D eigenvalue weighted by molar-refractivity contribution is -0.140. The van der Waals surface area contributed by atoms with Crippen LogP contribution in [0, 0.1) is 12.8 Å². The molecule has 258 valence electrons. The van der Waals surface area contributed by atoms with Crippen molar-refractivity contribution in [1.82, 2.24) is 20.3 Å². The van der Waals surface area contributed by atoms with E-state index in [2.05, 4.69) is 20.9 Å². The lowest BCUT2D eigenvalue weighted by Crippen LogP contribution is -2.50. The van der Waals surface area contributed by atoms with Crippen LogP contribution >= 0.6 is 0 Å². The first-order valence-corrected chi connectivity index (χ1v) is 16.0. The van der Waals surface area contributed by atoms with Crippen molar-refractivity contribution in [2.24, 2.45) is 5.92 Å². The van der Waals surface area contributed by atoms with E-state index >= 15 is 0 Å². The van der Waals surface area contributed by atoms with E-state index in [1.165, 1.54) is 16.9 Å². The summed E-state index contributed by atoms with van der Waals surface area (Å²) in [5, 5.41) is 33.8. The maximum Gasteiger partial charge on any atom is 0.340 e. The lowest BCUT2D eigenvalue weighted by Gasteiger charge is -2.39. The normalized spacial score (nSPS) is 15.2. The highest BCUT2D eigenvalue weighted by Gasteiger charge is 2.41. The molecule has 14 heteroatoms. The molecular weight excluding hydrogens is 634 g/mol. The highest BCUT2D eigenvalue weighted by Crippen LogP contribution is 2.39. The maximum absolute atomic E-state index is 13.6. The summed E-state index contributed by atoms with van der Waals surface area (Å²) >= 11 is 0. The predicted octanol–water partition coefficient (Wildman–Crippen LogP) is 4.14. The van der Waals surface area contributed by atoms with Crippen molar-refractivity contribution in [2.45, 2.75) is 76.8 Å². The van der Waals surface area contributed by atoms with E-state index in [0.29, 0.717) is 22.4 Å². The summed E-state index contributed by atoms with van der Waals surface area (Å²) in [4.78, 5) is 62.6. The van der Waals surface area contributed by atoms with Gasteiger partial charge in [0.05, 0.1) is 43.7 Å². The minimum absolute atomic E-state index is 0.0250. The first kappa shape index (κ1) is 34.8. The van der Waals surface area contributed by atoms with Crippen LogP contribution < -0.4 is 21.0 Å². The molecule has 0 aliphatic heterocycles. The van der Waals surface area contributed by atoms with Crippen molar-refractivity contribution < 1.29 is 38.5 Å². The van der Waals surface area contributed by atoms with Crippen molar-refractivity contribution >= 4 is 40.4 Å². The van der Waals surface area contributed by atoms with Gasteiger partial charge in [-0.15, -0.1) is 5.10 Å². The van der Waals surface area contributed by atoms with E-state index < -0.39 is 47.9 Å². The molecule has 1 fully saturated rings. The second-order valence-electron chi connectivity index (χ2n) is 12.6. The molecule has 14 nitrogen and oxygen atoms in total. The number of fused-ring (bicyclic) bond motifs is 1. The van der Waals surface area contributed by atoms with Crippen LogP contribution in [0.15, 0.2) is 57.9 Å². The number of nitrogens with one attached hydrogen (secondary N) is 2. The Morgan fingerprint density at radius 1 is 1.06 bits per heavy atom. The summed E-state index contributed by atoms with van der Waals surface area (Å²) in [6.45, 7) is 3.50. The van der Waals surface area contributed by atoms with Gasteiger partial charge in [0.1, 0.15) is 23.1 Å². The first-order valence-electron chi connectivity index (χ1n) is 16.0. The quantitative estimate of drug-likeness (QED) is 0.149. The summed E-state index contributed by atoms with van der Waals surface area (Å²) in [6.07, 6.45) is 5.24. The van der Waals surface area contributed by atoms with E-state index in [1.807, 2.05) is 19.1 Å². The van der Waals surface area contributed by atoms with Gasteiger partial charge in [0, 0.05) is 17.1 Å². The third-order valence-corrected chi connectivity index (χ3v) is 9.23. The molecule has 4 aromatic rings. The minimum Gasteiger partial charge on any atom is -0.497 e. The number of amides is 2. The second-order valence-corrected chi connectivity index (χ2v) is 12.6. The van der Waals surface area contributed by atoms with E-state index in [-0.39, 0.29) is 35.1 Å². The van der Waals surface area contributed by atoms with Gasteiger partial charge < -0.3 is 30.0 Å². The van der Waals surface area contributed by atoms with Gasteiger partial charge in [-0.2, -0.15) is 0 Å². The number of ether oxygens (including phenoxy) is 1. The summed E-state index contributed by atoms with van der Waals surface area (Å²) in [6, 6.07) is 10.5. The van der Waals surface area contributed by atoms with Gasteiger partial charge in [0.25, 0.3) is 0 Å². The van der Waals surface area contributed by atoms with Crippen LogP contribution in [0.5, 0.6) is 5.75 Å². The van der Waals surface area contributed by atoms with Crippen LogP contribution in [0.3, 0.4) is 0 Å². The Kier molecular flexibility index (Phi) is 10.4. The molecule has 2 aromatic heterocycles. The fraction of sp³-hybridized carbons (Fsp3) is 0.400. The van der Waals surface area contributed by atoms with E-state index in [4.69, 9.17) is 14.3 Å². The smallest absolute Gasteiger partial charge is 0.340 e. The summed E-state index contributed by atoms with van der Waals surface area (Å²) in [5.41, 5.74) is 0.242. The number of carbonyl (C=O) groups is 4. The zero-order valence-corrected chi connectivity index (χ0v) is 27.5. The summed E-state index contributed by atoms with van der Waals surface area (Å²) in [5.74, 6) is -2.69.